The Bertz CT molecular complexity index is 601. The van der Waals surface area contributed by atoms with Gasteiger partial charge in [0.05, 0.1) is 22.7 Å². The van der Waals surface area contributed by atoms with E-state index in [4.69, 9.17) is 10.5 Å². The third kappa shape index (κ3) is 2.51. The normalized spacial score (nSPS) is 10.1. The SMILES string of the molecule is Cc1ncccc1Oc1cc([N+](=O)[O-])cc(N)n1. The van der Waals surface area contributed by atoms with Crippen LogP contribution in [0.3, 0.4) is 0 Å². The van der Waals surface area contributed by atoms with E-state index in [1.165, 1.54) is 12.1 Å². The lowest BCUT2D eigenvalue weighted by Crippen LogP contribution is -1.98. The van der Waals surface area contributed by atoms with Gasteiger partial charge in [-0.3, -0.25) is 15.1 Å². The number of nitrogens with zero attached hydrogens (tertiary/aromatic N) is 3. The van der Waals surface area contributed by atoms with Crippen molar-refractivity contribution in [3.8, 4) is 11.6 Å². The standard InChI is InChI=1S/C11H10N4O3/c1-7-9(3-2-4-13-7)18-11-6-8(15(16)17)5-10(12)14-11/h2-6H,1H3,(H2,12,14). The second-order valence-corrected chi connectivity index (χ2v) is 3.53. The molecule has 2 heterocycles. The minimum Gasteiger partial charge on any atom is -0.437 e. The van der Waals surface area contributed by atoms with Gasteiger partial charge in [-0.15, -0.1) is 0 Å². The molecule has 7 nitrogen and oxygen atoms in total. The molecule has 0 unspecified atom stereocenters. The Balaban J connectivity index is 2.35. The first-order chi connectivity index (χ1) is 8.56. The van der Waals surface area contributed by atoms with Crippen LogP contribution in [-0.4, -0.2) is 14.9 Å². The number of nitro groups is 1. The molecule has 0 radical (unpaired) electrons. The highest BCUT2D eigenvalue weighted by atomic mass is 16.6. The number of hydrogen-bond donors (Lipinski definition) is 1. The van der Waals surface area contributed by atoms with E-state index in [0.717, 1.165) is 0 Å². The molecule has 7 heteroatoms. The van der Waals surface area contributed by atoms with E-state index in [0.29, 0.717) is 11.4 Å². The summed E-state index contributed by atoms with van der Waals surface area (Å²) >= 11 is 0. The van der Waals surface area contributed by atoms with Crippen molar-refractivity contribution in [2.45, 2.75) is 6.92 Å². The molecular formula is C11H10N4O3. The van der Waals surface area contributed by atoms with Crippen LogP contribution in [0.1, 0.15) is 5.69 Å². The summed E-state index contributed by atoms with van der Waals surface area (Å²) in [5, 5.41) is 10.7. The number of nitrogen functional groups attached to an aromatic ring is 1. The summed E-state index contributed by atoms with van der Waals surface area (Å²) in [4.78, 5) is 18.0. The molecule has 0 saturated heterocycles. The summed E-state index contributed by atoms with van der Waals surface area (Å²) in [6.07, 6.45) is 1.62. The summed E-state index contributed by atoms with van der Waals surface area (Å²) in [6.45, 7) is 1.76. The van der Waals surface area contributed by atoms with Crippen LogP contribution in [0.5, 0.6) is 11.6 Å². The van der Waals surface area contributed by atoms with Crippen molar-refractivity contribution >= 4 is 11.5 Å². The summed E-state index contributed by atoms with van der Waals surface area (Å²) in [5.74, 6) is 0.573. The van der Waals surface area contributed by atoms with Gasteiger partial charge < -0.3 is 10.5 Å². The molecule has 0 saturated carbocycles. The molecule has 0 aliphatic carbocycles. The third-order valence-corrected chi connectivity index (χ3v) is 2.19. The van der Waals surface area contributed by atoms with Gasteiger partial charge in [0.1, 0.15) is 5.82 Å². The molecule has 2 aromatic heterocycles. The third-order valence-electron chi connectivity index (χ3n) is 2.19. The Hall–Kier alpha value is -2.70. The number of rotatable bonds is 3. The smallest absolute Gasteiger partial charge is 0.278 e. The maximum atomic E-state index is 10.7. The molecular weight excluding hydrogens is 236 g/mol. The van der Waals surface area contributed by atoms with E-state index in [1.54, 1.807) is 25.3 Å². The molecule has 0 fully saturated rings. The quantitative estimate of drug-likeness (QED) is 0.656. The fraction of sp³-hybridized carbons (Fsp3) is 0.0909. The van der Waals surface area contributed by atoms with Gasteiger partial charge in [-0.1, -0.05) is 0 Å². The van der Waals surface area contributed by atoms with Crippen molar-refractivity contribution in [2.24, 2.45) is 0 Å². The van der Waals surface area contributed by atoms with Gasteiger partial charge in [-0.25, -0.2) is 0 Å². The topological polar surface area (TPSA) is 104 Å². The van der Waals surface area contributed by atoms with Crippen LogP contribution in [0.25, 0.3) is 0 Å². The van der Waals surface area contributed by atoms with Gasteiger partial charge in [-0.2, -0.15) is 4.98 Å². The first kappa shape index (κ1) is 11.8. The van der Waals surface area contributed by atoms with Crippen LogP contribution in [0.2, 0.25) is 0 Å². The largest absolute Gasteiger partial charge is 0.437 e. The van der Waals surface area contributed by atoms with Gasteiger partial charge in [-0.05, 0) is 19.1 Å². The average Bonchev–Trinajstić information content (AvgIpc) is 2.31. The van der Waals surface area contributed by atoms with E-state index in [2.05, 4.69) is 9.97 Å². The van der Waals surface area contributed by atoms with Crippen molar-refractivity contribution in [3.63, 3.8) is 0 Å². The molecule has 0 amide bonds. The minimum absolute atomic E-state index is 0.0285. The second-order valence-electron chi connectivity index (χ2n) is 3.53. The lowest BCUT2D eigenvalue weighted by Gasteiger charge is -2.06. The van der Waals surface area contributed by atoms with Gasteiger partial charge >= 0.3 is 0 Å². The summed E-state index contributed by atoms with van der Waals surface area (Å²) in [7, 11) is 0. The van der Waals surface area contributed by atoms with Gasteiger partial charge in [0.15, 0.2) is 5.75 Å². The highest BCUT2D eigenvalue weighted by Crippen LogP contribution is 2.26. The Kier molecular flexibility index (Phi) is 3.05. The number of ether oxygens (including phenoxy) is 1. The van der Waals surface area contributed by atoms with Gasteiger partial charge in [0.25, 0.3) is 5.69 Å². The molecule has 0 atom stereocenters. The Morgan fingerprint density at radius 2 is 2.22 bits per heavy atom. The minimum atomic E-state index is -0.555. The highest BCUT2D eigenvalue weighted by Gasteiger charge is 2.12. The van der Waals surface area contributed by atoms with Crippen molar-refractivity contribution in [1.82, 2.24) is 9.97 Å². The van der Waals surface area contributed by atoms with E-state index >= 15 is 0 Å². The average molecular weight is 246 g/mol. The first-order valence-corrected chi connectivity index (χ1v) is 5.07. The fourth-order valence-corrected chi connectivity index (χ4v) is 1.36. The molecule has 0 aromatic carbocycles. The van der Waals surface area contributed by atoms with E-state index in [9.17, 15) is 10.1 Å². The van der Waals surface area contributed by atoms with Gasteiger partial charge in [0, 0.05) is 6.20 Å². The number of nitrogens with two attached hydrogens (primary N) is 1. The molecule has 0 bridgehead atoms. The Labute approximate surface area is 102 Å². The van der Waals surface area contributed by atoms with Gasteiger partial charge in [0.2, 0.25) is 5.88 Å². The molecule has 0 spiro atoms. The number of pyridine rings is 2. The van der Waals surface area contributed by atoms with E-state index < -0.39 is 4.92 Å². The van der Waals surface area contributed by atoms with Crippen LogP contribution in [-0.2, 0) is 0 Å². The van der Waals surface area contributed by atoms with Crippen LogP contribution in [0.15, 0.2) is 30.5 Å². The zero-order valence-corrected chi connectivity index (χ0v) is 9.53. The number of anilines is 1. The molecule has 18 heavy (non-hydrogen) atoms. The number of aromatic nitrogens is 2. The van der Waals surface area contributed by atoms with Crippen molar-refractivity contribution in [1.29, 1.82) is 0 Å². The van der Waals surface area contributed by atoms with Crippen molar-refractivity contribution in [2.75, 3.05) is 5.73 Å². The predicted octanol–water partition coefficient (Wildman–Crippen LogP) is 2.07. The van der Waals surface area contributed by atoms with Crippen molar-refractivity contribution in [3.05, 3.63) is 46.3 Å². The maximum Gasteiger partial charge on any atom is 0.278 e. The zero-order chi connectivity index (χ0) is 13.1. The monoisotopic (exact) mass is 246 g/mol. The van der Waals surface area contributed by atoms with Crippen LogP contribution >= 0.6 is 0 Å². The molecule has 2 aromatic rings. The Morgan fingerprint density at radius 1 is 1.44 bits per heavy atom. The Morgan fingerprint density at radius 3 is 2.89 bits per heavy atom. The van der Waals surface area contributed by atoms with Crippen LogP contribution in [0.4, 0.5) is 11.5 Å². The summed E-state index contributed by atoms with van der Waals surface area (Å²) < 4.78 is 5.42. The second kappa shape index (κ2) is 4.66. The summed E-state index contributed by atoms with van der Waals surface area (Å²) in [5.41, 5.74) is 5.97. The maximum absolute atomic E-state index is 10.7. The zero-order valence-electron chi connectivity index (χ0n) is 9.53. The molecule has 2 N–H and O–H groups in total. The summed E-state index contributed by atoms with van der Waals surface area (Å²) in [6, 6.07) is 5.77. The molecule has 92 valence electrons. The highest BCUT2D eigenvalue weighted by molar-refractivity contribution is 5.46. The van der Waals surface area contributed by atoms with E-state index in [-0.39, 0.29) is 17.4 Å². The van der Waals surface area contributed by atoms with E-state index in [1.807, 2.05) is 0 Å². The van der Waals surface area contributed by atoms with Crippen LogP contribution < -0.4 is 10.5 Å². The number of aryl methyl sites for hydroxylation is 1. The predicted molar refractivity (Wildman–Crippen MR) is 64.4 cm³/mol. The molecule has 0 aliphatic heterocycles. The fourth-order valence-electron chi connectivity index (χ4n) is 1.36. The number of hydrogen-bond acceptors (Lipinski definition) is 6. The molecule has 2 rings (SSSR count). The van der Waals surface area contributed by atoms with Crippen molar-refractivity contribution < 1.29 is 9.66 Å². The molecule has 0 aliphatic rings. The first-order valence-electron chi connectivity index (χ1n) is 5.07. The van der Waals surface area contributed by atoms with Crippen LogP contribution in [0, 0.1) is 17.0 Å². The lowest BCUT2D eigenvalue weighted by atomic mass is 10.3. The lowest BCUT2D eigenvalue weighted by molar-refractivity contribution is -0.384.